The number of H-pyrrole nitrogens is 1. The maximum absolute atomic E-state index is 13.6. The number of ether oxygens (including phenoxy) is 4. The lowest BCUT2D eigenvalue weighted by atomic mass is 9.92. The zero-order valence-corrected chi connectivity index (χ0v) is 22.2. The topological polar surface area (TPSA) is 90.1 Å². The van der Waals surface area contributed by atoms with Crippen molar-refractivity contribution in [3.05, 3.63) is 101 Å². The predicted molar refractivity (Wildman–Crippen MR) is 150 cm³/mol. The average Bonchev–Trinajstić information content (AvgIpc) is 3.60. The van der Waals surface area contributed by atoms with E-state index < -0.39 is 0 Å². The zero-order chi connectivity index (χ0) is 27.5. The number of aromatic amines is 1. The van der Waals surface area contributed by atoms with Gasteiger partial charge in [0.25, 0.3) is 0 Å². The summed E-state index contributed by atoms with van der Waals surface area (Å²) in [5.74, 6) is 0.949. The summed E-state index contributed by atoms with van der Waals surface area (Å²) in [5, 5.41) is 1.19. The Hall–Kier alpha value is -4.56. The average molecular weight is 539 g/mol. The first-order chi connectivity index (χ1) is 19.6. The second kappa shape index (κ2) is 11.3. The van der Waals surface area contributed by atoms with E-state index in [0.29, 0.717) is 31.3 Å². The van der Waals surface area contributed by atoms with Gasteiger partial charge in [-0.25, -0.2) is 4.79 Å². The molecule has 1 N–H and O–H groups in total. The van der Waals surface area contributed by atoms with Crippen LogP contribution in [0.5, 0.6) is 11.5 Å². The van der Waals surface area contributed by atoms with E-state index in [1.54, 1.807) is 13.0 Å². The third kappa shape index (κ3) is 5.18. The Bertz CT molecular complexity index is 1570. The SMILES string of the molecule is CCOC(=O)COCc1ccc(C=CC(=O)N2CCc3c([nH]c4ccccc34)C2c2ccc3c(c2)OCO3)cc1. The van der Waals surface area contributed by atoms with Crippen LogP contribution in [0, 0.1) is 0 Å². The first-order valence-electron chi connectivity index (χ1n) is 13.4. The quantitative estimate of drug-likeness (QED) is 0.246. The van der Waals surface area contributed by atoms with Gasteiger partial charge in [-0.1, -0.05) is 48.5 Å². The number of para-hydroxylation sites is 1. The molecule has 8 nitrogen and oxygen atoms in total. The molecule has 6 rings (SSSR count). The summed E-state index contributed by atoms with van der Waals surface area (Å²) >= 11 is 0. The molecule has 0 radical (unpaired) electrons. The van der Waals surface area contributed by atoms with Crippen LogP contribution in [0.3, 0.4) is 0 Å². The van der Waals surface area contributed by atoms with E-state index in [1.165, 1.54) is 10.9 Å². The molecule has 4 aromatic rings. The van der Waals surface area contributed by atoms with Crippen molar-refractivity contribution in [1.29, 1.82) is 0 Å². The highest BCUT2D eigenvalue weighted by Crippen LogP contribution is 2.42. The number of nitrogens with zero attached hydrogens (tertiary/aromatic N) is 1. The number of carbonyl (C=O) groups is 2. The fourth-order valence-corrected chi connectivity index (χ4v) is 5.35. The van der Waals surface area contributed by atoms with Crippen LogP contribution in [0.15, 0.2) is 72.8 Å². The fraction of sp³-hybridized carbons (Fsp3) is 0.250. The van der Waals surface area contributed by atoms with Crippen LogP contribution in [0.1, 0.15) is 40.9 Å². The molecular formula is C32H30N2O6. The van der Waals surface area contributed by atoms with Crippen LogP contribution in [0.2, 0.25) is 0 Å². The Morgan fingerprint density at radius 2 is 1.88 bits per heavy atom. The normalized spacial score (nSPS) is 15.9. The van der Waals surface area contributed by atoms with Gasteiger partial charge in [0.2, 0.25) is 12.7 Å². The van der Waals surface area contributed by atoms with E-state index >= 15 is 0 Å². The van der Waals surface area contributed by atoms with Gasteiger partial charge in [-0.3, -0.25) is 4.79 Å². The van der Waals surface area contributed by atoms with Crippen molar-refractivity contribution < 1.29 is 28.5 Å². The molecule has 8 heteroatoms. The Morgan fingerprint density at radius 3 is 2.73 bits per heavy atom. The molecular weight excluding hydrogens is 508 g/mol. The van der Waals surface area contributed by atoms with Gasteiger partial charge in [0.15, 0.2) is 11.5 Å². The summed E-state index contributed by atoms with van der Waals surface area (Å²) in [6.07, 6.45) is 4.21. The number of rotatable bonds is 8. The summed E-state index contributed by atoms with van der Waals surface area (Å²) in [6, 6.07) is 21.5. The van der Waals surface area contributed by atoms with Gasteiger partial charge >= 0.3 is 5.97 Å². The molecule has 2 aliphatic rings. The third-order valence-corrected chi connectivity index (χ3v) is 7.22. The summed E-state index contributed by atoms with van der Waals surface area (Å²) in [5.41, 5.74) is 6.12. The van der Waals surface area contributed by atoms with Crippen molar-refractivity contribution in [1.82, 2.24) is 9.88 Å². The summed E-state index contributed by atoms with van der Waals surface area (Å²) < 4.78 is 21.5. The number of fused-ring (bicyclic) bond motifs is 4. The number of benzene rings is 3. The minimum Gasteiger partial charge on any atom is -0.464 e. The largest absolute Gasteiger partial charge is 0.464 e. The van der Waals surface area contributed by atoms with Gasteiger partial charge in [0.05, 0.1) is 19.3 Å². The van der Waals surface area contributed by atoms with Crippen LogP contribution in [-0.2, 0) is 32.1 Å². The van der Waals surface area contributed by atoms with E-state index in [1.807, 2.05) is 65.6 Å². The molecule has 3 aromatic carbocycles. The molecule has 40 heavy (non-hydrogen) atoms. The van der Waals surface area contributed by atoms with Crippen LogP contribution in [0.25, 0.3) is 17.0 Å². The minimum atomic E-state index is -0.378. The van der Waals surface area contributed by atoms with Crippen molar-refractivity contribution in [3.8, 4) is 11.5 Å². The smallest absolute Gasteiger partial charge is 0.332 e. The highest BCUT2D eigenvalue weighted by atomic mass is 16.7. The van der Waals surface area contributed by atoms with Crippen molar-refractivity contribution >= 4 is 28.9 Å². The molecule has 2 aliphatic heterocycles. The third-order valence-electron chi connectivity index (χ3n) is 7.22. The van der Waals surface area contributed by atoms with Crippen LogP contribution >= 0.6 is 0 Å². The lowest BCUT2D eigenvalue weighted by Gasteiger charge is -2.35. The van der Waals surface area contributed by atoms with Crippen LogP contribution in [-0.4, -0.2) is 48.3 Å². The van der Waals surface area contributed by atoms with E-state index in [4.69, 9.17) is 18.9 Å². The molecule has 3 heterocycles. The summed E-state index contributed by atoms with van der Waals surface area (Å²) in [7, 11) is 0. The van der Waals surface area contributed by atoms with Gasteiger partial charge in [0, 0.05) is 29.2 Å². The highest BCUT2D eigenvalue weighted by molar-refractivity contribution is 5.93. The zero-order valence-electron chi connectivity index (χ0n) is 22.2. The van der Waals surface area contributed by atoms with E-state index in [9.17, 15) is 9.59 Å². The van der Waals surface area contributed by atoms with Gasteiger partial charge in [-0.15, -0.1) is 0 Å². The van der Waals surface area contributed by atoms with Crippen LogP contribution < -0.4 is 9.47 Å². The molecule has 0 fully saturated rings. The van der Waals surface area contributed by atoms with Gasteiger partial charge in [0.1, 0.15) is 6.61 Å². The second-order valence-corrected chi connectivity index (χ2v) is 9.73. The Balaban J connectivity index is 1.22. The molecule has 0 bridgehead atoms. The van der Waals surface area contributed by atoms with Gasteiger partial charge in [-0.05, 0) is 59.9 Å². The number of esters is 1. The molecule has 204 valence electrons. The highest BCUT2D eigenvalue weighted by Gasteiger charge is 2.34. The molecule has 1 amide bonds. The van der Waals surface area contributed by atoms with Crippen molar-refractivity contribution in [3.63, 3.8) is 0 Å². The van der Waals surface area contributed by atoms with Crippen molar-refractivity contribution in [2.24, 2.45) is 0 Å². The maximum atomic E-state index is 13.6. The maximum Gasteiger partial charge on any atom is 0.332 e. The Kier molecular flexibility index (Phi) is 7.25. The number of hydrogen-bond acceptors (Lipinski definition) is 6. The lowest BCUT2D eigenvalue weighted by molar-refractivity contribution is -0.148. The van der Waals surface area contributed by atoms with Gasteiger partial charge < -0.3 is 28.8 Å². The van der Waals surface area contributed by atoms with E-state index in [-0.39, 0.29) is 31.3 Å². The Labute approximate surface area is 232 Å². The Morgan fingerprint density at radius 1 is 1.05 bits per heavy atom. The number of hydrogen-bond donors (Lipinski definition) is 1. The molecule has 1 atom stereocenters. The first-order valence-corrected chi connectivity index (χ1v) is 13.4. The molecule has 0 aliphatic carbocycles. The van der Waals surface area contributed by atoms with Crippen molar-refractivity contribution in [2.45, 2.75) is 26.0 Å². The van der Waals surface area contributed by atoms with E-state index in [2.05, 4.69) is 17.1 Å². The molecule has 0 saturated heterocycles. The molecule has 0 spiro atoms. The van der Waals surface area contributed by atoms with E-state index in [0.717, 1.165) is 34.3 Å². The van der Waals surface area contributed by atoms with Gasteiger partial charge in [-0.2, -0.15) is 0 Å². The summed E-state index contributed by atoms with van der Waals surface area (Å²) in [6.45, 7) is 3.11. The minimum absolute atomic E-state index is 0.0752. The standard InChI is InChI=1S/C32H30N2O6/c1-2-38-30(36)19-37-18-22-9-7-21(8-10-22)11-14-29(35)34-16-15-25-24-5-3-4-6-26(24)33-31(25)32(34)23-12-13-27-28(17-23)40-20-39-27/h3-14,17,32-33H,2,15-16,18-20H2,1H3. The molecule has 0 saturated carbocycles. The second-order valence-electron chi connectivity index (χ2n) is 9.73. The molecule has 1 unspecified atom stereocenters. The van der Waals surface area contributed by atoms with Crippen molar-refractivity contribution in [2.75, 3.05) is 26.6 Å². The fourth-order valence-electron chi connectivity index (χ4n) is 5.35. The summed E-state index contributed by atoms with van der Waals surface area (Å²) in [4.78, 5) is 30.6. The monoisotopic (exact) mass is 538 g/mol. The van der Waals surface area contributed by atoms with Crippen LogP contribution in [0.4, 0.5) is 0 Å². The lowest BCUT2D eigenvalue weighted by Crippen LogP contribution is -2.39. The molecule has 1 aromatic heterocycles. The first kappa shape index (κ1) is 25.7. The number of nitrogens with one attached hydrogen (secondary N) is 1. The number of aromatic nitrogens is 1. The predicted octanol–water partition coefficient (Wildman–Crippen LogP) is 5.16. The number of amides is 1. The number of carbonyl (C=O) groups excluding carboxylic acids is 2.